The van der Waals surface area contributed by atoms with Crippen LogP contribution in [0.25, 0.3) is 0 Å². The third-order valence-electron chi connectivity index (χ3n) is 21.2. The molecule has 1 aliphatic carbocycles. The number of aliphatic hydroxyl groups excluding tert-OH is 4. The predicted octanol–water partition coefficient (Wildman–Crippen LogP) is 18.0. The highest BCUT2D eigenvalue weighted by atomic mass is 31.2. The molecule has 5 unspecified atom stereocenters. The van der Waals surface area contributed by atoms with Crippen LogP contribution in [0.4, 0.5) is 0 Å². The molecule has 0 aromatic heterocycles. The second kappa shape index (κ2) is 63.0. The number of hydrogen-bond acceptors (Lipinski definition) is 16. The number of ether oxygens (including phenoxy) is 5. The number of esters is 3. The average Bonchev–Trinajstić information content (AvgIpc) is 0.783. The van der Waals surface area contributed by atoms with E-state index in [4.69, 9.17) is 28.2 Å². The van der Waals surface area contributed by atoms with Crippen LogP contribution in [0, 0.1) is 5.92 Å². The monoisotopic (exact) mass is 1490 g/mol. The van der Waals surface area contributed by atoms with Crippen LogP contribution in [-0.2, 0) is 56.7 Å². The Morgan fingerprint density at radius 3 is 1.18 bits per heavy atom. The van der Waals surface area contributed by atoms with E-state index in [1.807, 2.05) is 0 Å². The van der Waals surface area contributed by atoms with E-state index < -0.39 is 136 Å². The molecule has 606 valence electrons. The summed E-state index contributed by atoms with van der Waals surface area (Å²) in [6.07, 6.45) is 38.1. The molecule has 1 aliphatic heterocycles. The number of phosphoric ester groups is 1. The molecular weight excluding hydrogens is 1330 g/mol. The number of phosphoric acid groups is 1. The smallest absolute Gasteiger partial charge is 0.462 e. The number of hydrogen-bond donors (Lipinski definition) is 8. The fourth-order valence-corrected chi connectivity index (χ4v) is 15.4. The SMILES string of the molecule is CCCCCCCCCCCCCC(=O)O[C@H](CCCCCCCCCCC)CC(=O)O[C@@H]1C(NC(=O)C[C@@H](CCCCCCCCCCC)OC(=O)CCCCCCCCCCC)[C@H](OCC2OC(C)C(NC(=O)C[C@H](O)CCCCCCCCCCC)[C@@H](O)[C@@H]2O)CC(CO)[C@H]1OP(=O)(O)O. The zero-order valence-corrected chi connectivity index (χ0v) is 66.9. The van der Waals surface area contributed by atoms with Gasteiger partial charge in [0.15, 0.2) is 6.10 Å². The Labute approximate surface area is 625 Å². The first-order valence-electron chi connectivity index (χ1n) is 42.6. The number of nitrogens with one attached hydrogen (secondary N) is 2. The topological polar surface area (TPSA) is 303 Å². The highest BCUT2D eigenvalue weighted by Crippen LogP contribution is 2.45. The molecule has 0 bridgehead atoms. The van der Waals surface area contributed by atoms with Crippen LogP contribution in [0.1, 0.15) is 401 Å². The molecule has 1 saturated heterocycles. The Hall–Kier alpha value is -2.78. The Morgan fingerprint density at radius 2 is 0.796 bits per heavy atom. The van der Waals surface area contributed by atoms with E-state index in [1.54, 1.807) is 6.92 Å². The lowest BCUT2D eigenvalue weighted by molar-refractivity contribution is -0.211. The van der Waals surface area contributed by atoms with Crippen LogP contribution in [0.3, 0.4) is 0 Å². The molecule has 0 aromatic rings. The lowest BCUT2D eigenvalue weighted by Gasteiger charge is -2.46. The standard InChI is InChI=1S/C82H155N2O18P/c1-7-12-17-22-27-32-33-38-43-48-53-58-75(90)100-69(56-51-46-41-36-30-25-20-15-10-4)62-76(91)101-82-78(84-73(88)61-68(55-50-45-40-35-29-24-19-14-9-3)99-74(89)57-52-47-42-37-31-26-21-16-11-5)70(59-66(63-85)81(82)102-103(94,95)96)97-64-71-79(92)80(93)77(65(6)98-71)83-72(87)60-67(86)54-49-44-39-34-28-23-18-13-8-2/h65-71,77-82,85-86,92-93H,7-64H2,1-6H3,(H,83,87)(H,84,88)(H2,94,95,96)/t65?,66?,67-,68-,69-,70-,71?,77?,78?,79-,80-,81-,82-/m1/s1. The number of rotatable bonds is 69. The summed E-state index contributed by atoms with van der Waals surface area (Å²) in [5.41, 5.74) is 0. The third kappa shape index (κ3) is 49.1. The number of amides is 2. The van der Waals surface area contributed by atoms with Crippen LogP contribution in [-0.4, -0.2) is 146 Å². The van der Waals surface area contributed by atoms with Gasteiger partial charge in [-0.3, -0.25) is 28.5 Å². The van der Waals surface area contributed by atoms with E-state index in [2.05, 4.69) is 45.3 Å². The van der Waals surface area contributed by atoms with Crippen molar-refractivity contribution < 1.29 is 87.0 Å². The van der Waals surface area contributed by atoms with Crippen LogP contribution in [0.5, 0.6) is 0 Å². The second-order valence-corrected chi connectivity index (χ2v) is 32.0. The molecule has 1 saturated carbocycles. The number of carbonyl (C=O) groups excluding carboxylic acids is 5. The molecule has 1 heterocycles. The van der Waals surface area contributed by atoms with Crippen molar-refractivity contribution in [2.24, 2.45) is 5.92 Å². The van der Waals surface area contributed by atoms with Gasteiger partial charge < -0.3 is 64.5 Å². The quantitative estimate of drug-likeness (QED) is 0.0121. The minimum Gasteiger partial charge on any atom is -0.462 e. The lowest BCUT2D eigenvalue weighted by Crippen LogP contribution is -2.65. The molecule has 8 N–H and O–H groups in total. The first kappa shape index (κ1) is 96.3. The maximum absolute atomic E-state index is 14.9. The maximum atomic E-state index is 14.9. The van der Waals surface area contributed by atoms with Gasteiger partial charge in [-0.2, -0.15) is 0 Å². The molecule has 2 fully saturated rings. The van der Waals surface area contributed by atoms with Gasteiger partial charge in [0.25, 0.3) is 0 Å². The minimum atomic E-state index is -5.45. The van der Waals surface area contributed by atoms with Gasteiger partial charge >= 0.3 is 25.7 Å². The Morgan fingerprint density at radius 1 is 0.447 bits per heavy atom. The second-order valence-electron chi connectivity index (χ2n) is 30.8. The maximum Gasteiger partial charge on any atom is 0.469 e. The van der Waals surface area contributed by atoms with Gasteiger partial charge in [-0.15, -0.1) is 0 Å². The van der Waals surface area contributed by atoms with Gasteiger partial charge in [0.05, 0.1) is 56.3 Å². The van der Waals surface area contributed by atoms with Crippen molar-refractivity contribution in [3.8, 4) is 0 Å². The fraction of sp³-hybridized carbons (Fsp3) is 0.939. The van der Waals surface area contributed by atoms with Crippen LogP contribution < -0.4 is 10.6 Å². The molecule has 0 radical (unpaired) electrons. The lowest BCUT2D eigenvalue weighted by atomic mass is 9.79. The van der Waals surface area contributed by atoms with Gasteiger partial charge in [0.1, 0.15) is 36.6 Å². The van der Waals surface area contributed by atoms with Crippen molar-refractivity contribution in [3.05, 3.63) is 0 Å². The van der Waals surface area contributed by atoms with E-state index >= 15 is 0 Å². The summed E-state index contributed by atoms with van der Waals surface area (Å²) in [4.78, 5) is 91.4. The average molecular weight is 1490 g/mol. The van der Waals surface area contributed by atoms with Gasteiger partial charge in [0, 0.05) is 25.4 Å². The molecule has 13 atom stereocenters. The molecule has 20 nitrogen and oxygen atoms in total. The van der Waals surface area contributed by atoms with Gasteiger partial charge in [0.2, 0.25) is 11.8 Å². The first-order valence-corrected chi connectivity index (χ1v) is 44.2. The zero-order valence-electron chi connectivity index (χ0n) is 66.0. The van der Waals surface area contributed by atoms with Gasteiger partial charge in [-0.25, -0.2) is 4.57 Å². The van der Waals surface area contributed by atoms with Crippen molar-refractivity contribution in [2.45, 2.75) is 474 Å². The van der Waals surface area contributed by atoms with Crippen molar-refractivity contribution in [3.63, 3.8) is 0 Å². The van der Waals surface area contributed by atoms with Crippen molar-refractivity contribution >= 4 is 37.5 Å². The molecule has 0 spiro atoms. The van der Waals surface area contributed by atoms with Crippen molar-refractivity contribution in [1.82, 2.24) is 10.6 Å². The predicted molar refractivity (Wildman–Crippen MR) is 410 cm³/mol. The Bertz CT molecular complexity index is 2140. The summed E-state index contributed by atoms with van der Waals surface area (Å²) < 4.78 is 49.9. The molecule has 2 aliphatic rings. The first-order chi connectivity index (χ1) is 49.8. The van der Waals surface area contributed by atoms with E-state index in [0.29, 0.717) is 44.9 Å². The molecule has 103 heavy (non-hydrogen) atoms. The summed E-state index contributed by atoms with van der Waals surface area (Å²) >= 11 is 0. The van der Waals surface area contributed by atoms with Crippen molar-refractivity contribution in [2.75, 3.05) is 13.2 Å². The minimum absolute atomic E-state index is 0.162. The summed E-state index contributed by atoms with van der Waals surface area (Å²) in [5.74, 6) is -4.18. The van der Waals surface area contributed by atoms with E-state index in [9.17, 15) is 58.8 Å². The normalized spacial score (nSPS) is 21.6. The Balaban J connectivity index is 2.53. The van der Waals surface area contributed by atoms with E-state index in [-0.39, 0.29) is 32.1 Å². The number of carbonyl (C=O) groups is 5. The third-order valence-corrected chi connectivity index (χ3v) is 21.7. The summed E-state index contributed by atoms with van der Waals surface area (Å²) in [7, 11) is -5.45. The largest absolute Gasteiger partial charge is 0.469 e. The fourth-order valence-electron chi connectivity index (χ4n) is 14.8. The molecule has 2 amide bonds. The Kier molecular flexibility index (Phi) is 58.9. The molecule has 21 heteroatoms. The van der Waals surface area contributed by atoms with E-state index in [0.717, 1.165) is 148 Å². The van der Waals surface area contributed by atoms with Crippen molar-refractivity contribution in [1.29, 1.82) is 0 Å². The van der Waals surface area contributed by atoms with Crippen LogP contribution >= 0.6 is 7.82 Å². The molecule has 2 rings (SSSR count). The molecular formula is C82H155N2O18P. The van der Waals surface area contributed by atoms with Gasteiger partial charge in [-0.05, 0) is 58.3 Å². The zero-order chi connectivity index (χ0) is 75.6. The highest BCUT2D eigenvalue weighted by Gasteiger charge is 2.52. The molecule has 0 aromatic carbocycles. The summed E-state index contributed by atoms with van der Waals surface area (Å²) in [6, 6.07) is -2.55. The summed E-state index contributed by atoms with van der Waals surface area (Å²) in [6.45, 7) is 11.4. The van der Waals surface area contributed by atoms with Crippen LogP contribution in [0.15, 0.2) is 0 Å². The van der Waals surface area contributed by atoms with E-state index in [1.165, 1.54) is 128 Å². The van der Waals surface area contributed by atoms with Gasteiger partial charge in [-0.1, -0.05) is 311 Å². The number of aliphatic hydroxyl groups is 4. The number of unbranched alkanes of at least 4 members (excludes halogenated alkanes) is 42. The highest BCUT2D eigenvalue weighted by molar-refractivity contribution is 7.46. The summed E-state index contributed by atoms with van der Waals surface area (Å²) in [5, 5.41) is 50.9. The van der Waals surface area contributed by atoms with Crippen LogP contribution in [0.2, 0.25) is 0 Å².